The van der Waals surface area contributed by atoms with Gasteiger partial charge < -0.3 is 10.2 Å². The molecule has 1 aromatic carbocycles. The molecule has 0 aliphatic carbocycles. The van der Waals surface area contributed by atoms with Gasteiger partial charge >= 0.3 is 0 Å². The molecule has 0 aliphatic rings. The van der Waals surface area contributed by atoms with Crippen molar-refractivity contribution in [1.29, 1.82) is 0 Å². The number of nitrogens with one attached hydrogen (secondary N) is 1. The van der Waals surface area contributed by atoms with E-state index in [9.17, 15) is 0 Å². The maximum absolute atomic E-state index is 3.57. The average Bonchev–Trinajstić information content (AvgIpc) is 2.27. The molecule has 0 aromatic heterocycles. The van der Waals surface area contributed by atoms with Crippen LogP contribution in [0.1, 0.15) is 30.5 Å². The maximum Gasteiger partial charge on any atom is 0.0400 e. The molecule has 0 heterocycles. The Balaban J connectivity index is 2.58. The number of rotatable bonds is 6. The first-order valence-electron chi connectivity index (χ1n) is 6.62. The highest BCUT2D eigenvalue weighted by molar-refractivity contribution is 5.58. The van der Waals surface area contributed by atoms with Gasteiger partial charge in [0.05, 0.1) is 0 Å². The summed E-state index contributed by atoms with van der Waals surface area (Å²) < 4.78 is 0. The Kier molecular flexibility index (Phi) is 5.49. The van der Waals surface area contributed by atoms with Gasteiger partial charge in [0.1, 0.15) is 0 Å². The molecule has 1 N–H and O–H groups in total. The number of hydrogen-bond acceptors (Lipinski definition) is 2. The zero-order valence-corrected chi connectivity index (χ0v) is 11.9. The monoisotopic (exact) mass is 234 g/mol. The van der Waals surface area contributed by atoms with Crippen molar-refractivity contribution >= 4 is 5.69 Å². The van der Waals surface area contributed by atoms with Crippen LogP contribution in [-0.2, 0) is 0 Å². The lowest BCUT2D eigenvalue weighted by Gasteiger charge is -2.20. The molecule has 0 saturated carbocycles. The second-order valence-electron chi connectivity index (χ2n) is 4.73. The van der Waals surface area contributed by atoms with Crippen LogP contribution in [-0.4, -0.2) is 31.1 Å². The second-order valence-corrected chi connectivity index (χ2v) is 4.73. The number of likely N-dealkylation sites (N-methyl/N-ethyl adjacent to an activating group) is 1. The van der Waals surface area contributed by atoms with E-state index in [4.69, 9.17) is 0 Å². The second kappa shape index (κ2) is 6.65. The summed E-state index contributed by atoms with van der Waals surface area (Å²) in [5, 5.41) is 3.57. The van der Waals surface area contributed by atoms with Gasteiger partial charge in [-0.25, -0.2) is 0 Å². The lowest BCUT2D eigenvalue weighted by Crippen LogP contribution is -2.28. The zero-order valence-electron chi connectivity index (χ0n) is 11.9. The predicted molar refractivity (Wildman–Crippen MR) is 76.9 cm³/mol. The molecule has 0 atom stereocenters. The van der Waals surface area contributed by atoms with Crippen molar-refractivity contribution in [3.63, 3.8) is 0 Å². The van der Waals surface area contributed by atoms with Gasteiger partial charge in [-0.1, -0.05) is 31.5 Å². The summed E-state index contributed by atoms with van der Waals surface area (Å²) >= 11 is 0. The van der Waals surface area contributed by atoms with Crippen molar-refractivity contribution in [3.05, 3.63) is 28.8 Å². The third-order valence-corrected chi connectivity index (χ3v) is 3.30. The summed E-state index contributed by atoms with van der Waals surface area (Å²) in [5.41, 5.74) is 5.35. The van der Waals surface area contributed by atoms with E-state index in [1.807, 2.05) is 0 Å². The summed E-state index contributed by atoms with van der Waals surface area (Å²) in [6, 6.07) is 4.49. The van der Waals surface area contributed by atoms with Crippen LogP contribution in [0.2, 0.25) is 0 Å². The van der Waals surface area contributed by atoms with Crippen molar-refractivity contribution in [3.8, 4) is 0 Å². The first kappa shape index (κ1) is 14.0. The van der Waals surface area contributed by atoms with Gasteiger partial charge in [-0.15, -0.1) is 0 Å². The number of anilines is 1. The molecule has 2 nitrogen and oxygen atoms in total. The fourth-order valence-corrected chi connectivity index (χ4v) is 2.34. The molecule has 0 aliphatic heterocycles. The molecule has 2 heteroatoms. The number of hydrogen-bond donors (Lipinski definition) is 1. The van der Waals surface area contributed by atoms with Gasteiger partial charge in [0, 0.05) is 18.8 Å². The summed E-state index contributed by atoms with van der Waals surface area (Å²) in [6.07, 6.45) is 0. The topological polar surface area (TPSA) is 15.3 Å². The van der Waals surface area contributed by atoms with Gasteiger partial charge in [0.15, 0.2) is 0 Å². The van der Waals surface area contributed by atoms with E-state index >= 15 is 0 Å². The summed E-state index contributed by atoms with van der Waals surface area (Å²) in [7, 11) is 0. The largest absolute Gasteiger partial charge is 0.383 e. The Morgan fingerprint density at radius 2 is 1.53 bits per heavy atom. The first-order chi connectivity index (χ1) is 8.08. The van der Waals surface area contributed by atoms with E-state index in [0.717, 1.165) is 26.2 Å². The zero-order chi connectivity index (χ0) is 12.8. The van der Waals surface area contributed by atoms with E-state index in [1.54, 1.807) is 0 Å². The third-order valence-electron chi connectivity index (χ3n) is 3.30. The smallest absolute Gasteiger partial charge is 0.0400 e. The molecule has 1 rings (SSSR count). The molecule has 0 spiro atoms. The highest BCUT2D eigenvalue weighted by atomic mass is 15.1. The minimum atomic E-state index is 1.02. The van der Waals surface area contributed by atoms with Crippen molar-refractivity contribution in [1.82, 2.24) is 4.90 Å². The standard InChI is InChI=1S/C15H26N2/c1-6-17(7-2)9-8-16-15-13(4)10-12(3)11-14(15)5/h10-11,16H,6-9H2,1-5H3. The van der Waals surface area contributed by atoms with Gasteiger partial charge in [-0.3, -0.25) is 0 Å². The number of nitrogens with zero attached hydrogens (tertiary/aromatic N) is 1. The van der Waals surface area contributed by atoms with Crippen molar-refractivity contribution < 1.29 is 0 Å². The van der Waals surface area contributed by atoms with Gasteiger partial charge in [-0.05, 0) is 45.0 Å². The van der Waals surface area contributed by atoms with E-state index in [1.165, 1.54) is 22.4 Å². The predicted octanol–water partition coefficient (Wildman–Crippen LogP) is 3.37. The molecule has 96 valence electrons. The fourth-order valence-electron chi connectivity index (χ4n) is 2.34. The summed E-state index contributed by atoms with van der Waals surface area (Å²) in [5.74, 6) is 0. The maximum atomic E-state index is 3.57. The van der Waals surface area contributed by atoms with Crippen LogP contribution in [0.5, 0.6) is 0 Å². The fraction of sp³-hybridized carbons (Fsp3) is 0.600. The van der Waals surface area contributed by atoms with Crippen molar-refractivity contribution in [2.24, 2.45) is 0 Å². The quantitative estimate of drug-likeness (QED) is 0.812. The Morgan fingerprint density at radius 3 is 2.00 bits per heavy atom. The number of benzene rings is 1. The average molecular weight is 234 g/mol. The molecule has 0 bridgehead atoms. The van der Waals surface area contributed by atoms with Crippen LogP contribution in [0.15, 0.2) is 12.1 Å². The Morgan fingerprint density at radius 1 is 1.00 bits per heavy atom. The van der Waals surface area contributed by atoms with Crippen LogP contribution in [0.4, 0.5) is 5.69 Å². The highest BCUT2D eigenvalue weighted by Gasteiger charge is 2.04. The Hall–Kier alpha value is -1.02. The van der Waals surface area contributed by atoms with Crippen LogP contribution in [0.25, 0.3) is 0 Å². The van der Waals surface area contributed by atoms with E-state index in [-0.39, 0.29) is 0 Å². The first-order valence-corrected chi connectivity index (χ1v) is 6.62. The molecular weight excluding hydrogens is 208 g/mol. The van der Waals surface area contributed by atoms with Gasteiger partial charge in [0.2, 0.25) is 0 Å². The molecule has 1 aromatic rings. The number of aryl methyl sites for hydroxylation is 3. The molecule has 17 heavy (non-hydrogen) atoms. The molecular formula is C15H26N2. The van der Waals surface area contributed by atoms with Crippen LogP contribution in [0.3, 0.4) is 0 Å². The third kappa shape index (κ3) is 4.04. The van der Waals surface area contributed by atoms with Crippen molar-refractivity contribution in [2.75, 3.05) is 31.5 Å². The normalized spacial score (nSPS) is 10.9. The minimum absolute atomic E-state index is 1.02. The summed E-state index contributed by atoms with van der Waals surface area (Å²) in [4.78, 5) is 2.44. The summed E-state index contributed by atoms with van der Waals surface area (Å²) in [6.45, 7) is 15.3. The highest BCUT2D eigenvalue weighted by Crippen LogP contribution is 2.21. The minimum Gasteiger partial charge on any atom is -0.383 e. The SMILES string of the molecule is CCN(CC)CCNc1c(C)cc(C)cc1C. The van der Waals surface area contributed by atoms with Gasteiger partial charge in [-0.2, -0.15) is 0 Å². The van der Waals surface area contributed by atoms with E-state index in [0.29, 0.717) is 0 Å². The Labute approximate surface area is 106 Å². The lowest BCUT2D eigenvalue weighted by molar-refractivity contribution is 0.316. The Bertz CT molecular complexity index is 331. The van der Waals surface area contributed by atoms with E-state index < -0.39 is 0 Å². The van der Waals surface area contributed by atoms with Gasteiger partial charge in [0.25, 0.3) is 0 Å². The van der Waals surface area contributed by atoms with E-state index in [2.05, 4.69) is 57.0 Å². The molecule has 0 unspecified atom stereocenters. The van der Waals surface area contributed by atoms with Crippen LogP contribution >= 0.6 is 0 Å². The lowest BCUT2D eigenvalue weighted by atomic mass is 10.1. The molecule has 0 saturated heterocycles. The van der Waals surface area contributed by atoms with Crippen molar-refractivity contribution in [2.45, 2.75) is 34.6 Å². The molecule has 0 radical (unpaired) electrons. The van der Waals surface area contributed by atoms with Crippen LogP contribution in [0, 0.1) is 20.8 Å². The van der Waals surface area contributed by atoms with Crippen LogP contribution < -0.4 is 5.32 Å². The molecule has 0 fully saturated rings. The molecule has 0 amide bonds.